The Labute approximate surface area is 86.2 Å². The third kappa shape index (κ3) is 3.31. The van der Waals surface area contributed by atoms with Crippen LogP contribution in [0.25, 0.3) is 0 Å². The summed E-state index contributed by atoms with van der Waals surface area (Å²) in [4.78, 5) is 10.9. The molecule has 0 N–H and O–H groups in total. The first-order chi connectivity index (χ1) is 6.59. The fourth-order valence-corrected chi connectivity index (χ4v) is 1.11. The first-order valence-electron chi connectivity index (χ1n) is 4.26. The second kappa shape index (κ2) is 4.92. The smallest absolute Gasteiger partial charge is 0.178 e. The Balaban J connectivity index is 2.64. The van der Waals surface area contributed by atoms with Crippen LogP contribution in [0.2, 0.25) is 0 Å². The standard InChI is InChI=1S/C11H13O2P/c1-8(2)7-13-10-5-3-9(4-6-10)11(12)14/h3-6H,1,7,14H2,2H3. The van der Waals surface area contributed by atoms with Crippen molar-refractivity contribution >= 4 is 14.8 Å². The number of benzene rings is 1. The van der Waals surface area contributed by atoms with E-state index >= 15 is 0 Å². The van der Waals surface area contributed by atoms with Gasteiger partial charge in [-0.2, -0.15) is 0 Å². The highest BCUT2D eigenvalue weighted by atomic mass is 31.0. The molecule has 2 nitrogen and oxygen atoms in total. The van der Waals surface area contributed by atoms with Crippen LogP contribution in [0, 0.1) is 0 Å². The molecule has 0 fully saturated rings. The van der Waals surface area contributed by atoms with Crippen LogP contribution < -0.4 is 4.74 Å². The molecule has 0 saturated heterocycles. The molecule has 14 heavy (non-hydrogen) atoms. The molecule has 1 aromatic rings. The highest BCUT2D eigenvalue weighted by Crippen LogP contribution is 2.14. The van der Waals surface area contributed by atoms with Crippen molar-refractivity contribution in [3.63, 3.8) is 0 Å². The van der Waals surface area contributed by atoms with Gasteiger partial charge in [-0.3, -0.25) is 4.79 Å². The minimum atomic E-state index is -0.0172. The maximum atomic E-state index is 10.9. The van der Waals surface area contributed by atoms with Gasteiger partial charge in [-0.15, -0.1) is 0 Å². The topological polar surface area (TPSA) is 26.3 Å². The minimum absolute atomic E-state index is 0.0172. The van der Waals surface area contributed by atoms with Crippen molar-refractivity contribution in [3.05, 3.63) is 42.0 Å². The number of rotatable bonds is 4. The fourth-order valence-electron chi connectivity index (χ4n) is 0.922. The van der Waals surface area contributed by atoms with Crippen molar-refractivity contribution in [1.82, 2.24) is 0 Å². The van der Waals surface area contributed by atoms with Crippen LogP contribution in [0.4, 0.5) is 0 Å². The number of carbonyl (C=O) groups is 1. The van der Waals surface area contributed by atoms with Crippen molar-refractivity contribution < 1.29 is 9.53 Å². The second-order valence-corrected chi connectivity index (χ2v) is 3.66. The van der Waals surface area contributed by atoms with Gasteiger partial charge < -0.3 is 4.74 Å². The molecule has 3 heteroatoms. The molecule has 1 aromatic carbocycles. The quantitative estimate of drug-likeness (QED) is 0.561. The molecule has 0 radical (unpaired) electrons. The van der Waals surface area contributed by atoms with Crippen LogP contribution in [0.3, 0.4) is 0 Å². The monoisotopic (exact) mass is 208 g/mol. The Bertz CT molecular complexity index is 341. The van der Waals surface area contributed by atoms with E-state index in [-0.39, 0.29) is 5.52 Å². The number of carbonyl (C=O) groups excluding carboxylic acids is 1. The molecule has 0 amide bonds. The van der Waals surface area contributed by atoms with E-state index in [1.165, 1.54) is 0 Å². The normalized spacial score (nSPS) is 9.57. The lowest BCUT2D eigenvalue weighted by Gasteiger charge is -2.05. The first-order valence-corrected chi connectivity index (χ1v) is 4.84. The Morgan fingerprint density at radius 2 is 2.00 bits per heavy atom. The highest BCUT2D eigenvalue weighted by molar-refractivity contribution is 7.41. The van der Waals surface area contributed by atoms with Gasteiger partial charge in [0.2, 0.25) is 0 Å². The van der Waals surface area contributed by atoms with Gasteiger partial charge in [0.05, 0.1) is 0 Å². The van der Waals surface area contributed by atoms with Crippen LogP contribution in [-0.4, -0.2) is 12.1 Å². The third-order valence-corrected chi connectivity index (χ3v) is 1.96. The summed E-state index contributed by atoms with van der Waals surface area (Å²) in [6, 6.07) is 7.03. The SMILES string of the molecule is C=C(C)COc1ccc(C(=O)P)cc1. The van der Waals surface area contributed by atoms with Gasteiger partial charge in [0.15, 0.2) is 5.52 Å². The molecular formula is C11H13O2P. The lowest BCUT2D eigenvalue weighted by molar-refractivity contribution is 0.108. The second-order valence-electron chi connectivity index (χ2n) is 3.13. The Morgan fingerprint density at radius 1 is 1.43 bits per heavy atom. The summed E-state index contributed by atoms with van der Waals surface area (Å²) in [5.74, 6) is 0.753. The van der Waals surface area contributed by atoms with E-state index in [2.05, 4.69) is 15.8 Å². The van der Waals surface area contributed by atoms with Crippen molar-refractivity contribution in [2.45, 2.75) is 6.92 Å². The number of hydrogen-bond donors (Lipinski definition) is 0. The zero-order valence-electron chi connectivity index (χ0n) is 8.12. The fraction of sp³-hybridized carbons (Fsp3) is 0.182. The Morgan fingerprint density at radius 3 is 2.43 bits per heavy atom. The Hall–Kier alpha value is -1.14. The summed E-state index contributed by atoms with van der Waals surface area (Å²) in [5.41, 5.74) is 1.62. The van der Waals surface area contributed by atoms with E-state index in [1.54, 1.807) is 24.3 Å². The number of ether oxygens (including phenoxy) is 1. The zero-order chi connectivity index (χ0) is 10.6. The van der Waals surface area contributed by atoms with E-state index < -0.39 is 0 Å². The number of hydrogen-bond acceptors (Lipinski definition) is 2. The van der Waals surface area contributed by atoms with Gasteiger partial charge >= 0.3 is 0 Å². The van der Waals surface area contributed by atoms with Crippen LogP contribution >= 0.6 is 9.24 Å². The largest absolute Gasteiger partial charge is 0.489 e. The minimum Gasteiger partial charge on any atom is -0.489 e. The van der Waals surface area contributed by atoms with Crippen LogP contribution in [-0.2, 0) is 0 Å². The van der Waals surface area contributed by atoms with Crippen LogP contribution in [0.1, 0.15) is 17.3 Å². The van der Waals surface area contributed by atoms with Crippen molar-refractivity contribution in [2.75, 3.05) is 6.61 Å². The summed E-state index contributed by atoms with van der Waals surface area (Å²) in [6.45, 7) is 6.14. The average molecular weight is 208 g/mol. The molecule has 0 saturated carbocycles. The van der Waals surface area contributed by atoms with Crippen LogP contribution in [0.15, 0.2) is 36.4 Å². The first kappa shape index (κ1) is 10.9. The highest BCUT2D eigenvalue weighted by Gasteiger charge is 1.99. The summed E-state index contributed by atoms with van der Waals surface area (Å²) >= 11 is 0. The average Bonchev–Trinajstić information content (AvgIpc) is 2.15. The van der Waals surface area contributed by atoms with Gasteiger partial charge in [-0.05, 0) is 36.8 Å². The van der Waals surface area contributed by atoms with Crippen molar-refractivity contribution in [3.8, 4) is 5.75 Å². The van der Waals surface area contributed by atoms with E-state index in [1.807, 2.05) is 6.92 Å². The molecule has 1 unspecified atom stereocenters. The molecule has 74 valence electrons. The lowest BCUT2D eigenvalue weighted by atomic mass is 10.2. The van der Waals surface area contributed by atoms with Crippen molar-refractivity contribution in [1.29, 1.82) is 0 Å². The molecule has 1 rings (SSSR count). The third-order valence-electron chi connectivity index (χ3n) is 1.62. The molecule has 0 heterocycles. The zero-order valence-corrected chi connectivity index (χ0v) is 9.27. The summed E-state index contributed by atoms with van der Waals surface area (Å²) in [6.07, 6.45) is 0. The molecule has 0 bridgehead atoms. The lowest BCUT2D eigenvalue weighted by Crippen LogP contribution is -1.97. The van der Waals surface area contributed by atoms with Gasteiger partial charge in [0, 0.05) is 5.56 Å². The Kier molecular flexibility index (Phi) is 3.84. The molecule has 0 aliphatic carbocycles. The summed E-state index contributed by atoms with van der Waals surface area (Å²) in [7, 11) is 2.14. The van der Waals surface area contributed by atoms with Gasteiger partial charge in [-0.25, -0.2) is 0 Å². The molecule has 0 spiro atoms. The molecular weight excluding hydrogens is 195 g/mol. The summed E-state index contributed by atoms with van der Waals surface area (Å²) in [5, 5.41) is 0. The molecule has 0 aromatic heterocycles. The van der Waals surface area contributed by atoms with E-state index in [9.17, 15) is 4.79 Å². The van der Waals surface area contributed by atoms with Gasteiger partial charge in [0.1, 0.15) is 12.4 Å². The summed E-state index contributed by atoms with van der Waals surface area (Å²) < 4.78 is 5.38. The van der Waals surface area contributed by atoms with Gasteiger partial charge in [0.25, 0.3) is 0 Å². The van der Waals surface area contributed by atoms with E-state index in [0.29, 0.717) is 12.2 Å². The predicted molar refractivity (Wildman–Crippen MR) is 60.8 cm³/mol. The molecule has 0 aliphatic rings. The predicted octanol–water partition coefficient (Wildman–Crippen LogP) is 2.66. The van der Waals surface area contributed by atoms with E-state index in [4.69, 9.17) is 4.74 Å². The molecule has 0 aliphatic heterocycles. The van der Waals surface area contributed by atoms with Crippen LogP contribution in [0.5, 0.6) is 5.75 Å². The molecule has 1 atom stereocenters. The van der Waals surface area contributed by atoms with Gasteiger partial charge in [-0.1, -0.05) is 15.8 Å². The van der Waals surface area contributed by atoms with Crippen molar-refractivity contribution in [2.24, 2.45) is 0 Å². The maximum Gasteiger partial charge on any atom is 0.178 e. The van der Waals surface area contributed by atoms with E-state index in [0.717, 1.165) is 11.3 Å². The maximum absolute atomic E-state index is 10.9.